The van der Waals surface area contributed by atoms with Gasteiger partial charge in [0.25, 0.3) is 0 Å². The van der Waals surface area contributed by atoms with Gasteiger partial charge in [-0.3, -0.25) is 0 Å². The minimum absolute atomic E-state index is 0. The molecule has 8 saturated carbocycles. The minimum Gasteiger partial charge on any atom is -0.672 e. The van der Waals surface area contributed by atoms with Crippen LogP contribution in [0.1, 0.15) is 77.0 Å². The van der Waals surface area contributed by atoms with Crippen LogP contribution in [0, 0.1) is 66.2 Å². The maximum atomic E-state index is 8.25. The fourth-order valence-corrected chi connectivity index (χ4v) is 8.22. The number of nitrogens with zero attached hydrogens (tertiary/aromatic N) is 2. The average molecular weight is 465 g/mol. The van der Waals surface area contributed by atoms with E-state index in [0.717, 1.165) is 35.5 Å². The molecule has 0 radical (unpaired) electrons. The van der Waals surface area contributed by atoms with Crippen molar-refractivity contribution >= 4 is 37.7 Å². The summed E-state index contributed by atoms with van der Waals surface area (Å²) in [5, 5.41) is 29.5. The zero-order chi connectivity index (χ0) is 22.1. The number of hydrogen-bond acceptors (Lipinski definition) is 6. The molecule has 0 aromatic carbocycles. The van der Waals surface area contributed by atoms with Gasteiger partial charge in [-0.15, -0.1) is 11.1 Å². The summed E-state index contributed by atoms with van der Waals surface area (Å²) in [7, 11) is 0. The van der Waals surface area contributed by atoms with E-state index in [1.54, 1.807) is 0 Å². The van der Waals surface area contributed by atoms with E-state index in [1.165, 1.54) is 77.0 Å². The standard InChI is InChI=1S/2C10H16N.Ca.2NO3/c2*11-10-4-7-1-8(5-10)3-9(2-7)6-10;;2*2-1(3)4/h2*7-9,11H,1-6H2;;;/q2*-1;+2;2*-1. The number of rotatable bonds is 0. The van der Waals surface area contributed by atoms with E-state index in [0.29, 0.717) is 0 Å². The summed E-state index contributed by atoms with van der Waals surface area (Å²) in [5.41, 5.74) is 16.5. The normalized spacial score (nSPS) is 44.3. The zero-order valence-corrected chi connectivity index (χ0v) is 20.2. The van der Waals surface area contributed by atoms with Gasteiger partial charge >= 0.3 is 37.7 Å². The summed E-state index contributed by atoms with van der Waals surface area (Å²) in [4.78, 5) is 16.5. The molecule has 0 aliphatic heterocycles. The first-order valence-corrected chi connectivity index (χ1v) is 11.1. The van der Waals surface area contributed by atoms with Crippen molar-refractivity contribution in [1.29, 1.82) is 0 Å². The molecule has 8 rings (SSSR count). The second-order valence-electron chi connectivity index (χ2n) is 10.8. The fourth-order valence-electron chi connectivity index (χ4n) is 8.22. The topological polar surface area (TPSA) is 180 Å². The molecule has 0 heterocycles. The Morgan fingerprint density at radius 2 is 0.645 bits per heavy atom. The van der Waals surface area contributed by atoms with Crippen LogP contribution in [0.3, 0.4) is 0 Å². The molecule has 0 aromatic rings. The molecule has 0 atom stereocenters. The molecule has 10 nitrogen and oxygen atoms in total. The smallest absolute Gasteiger partial charge is 0.672 e. The molecule has 8 fully saturated rings. The summed E-state index contributed by atoms with van der Waals surface area (Å²) in [6.45, 7) is 0. The molecule has 0 unspecified atom stereocenters. The van der Waals surface area contributed by atoms with Crippen molar-refractivity contribution in [3.8, 4) is 0 Å². The van der Waals surface area contributed by atoms with Crippen molar-refractivity contribution in [2.75, 3.05) is 0 Å². The third kappa shape index (κ3) is 7.84. The Morgan fingerprint density at radius 3 is 0.742 bits per heavy atom. The molecule has 8 bridgehead atoms. The van der Waals surface area contributed by atoms with Gasteiger partial charge in [0.2, 0.25) is 0 Å². The van der Waals surface area contributed by atoms with Gasteiger partial charge in [-0.2, -0.15) is 0 Å². The van der Waals surface area contributed by atoms with E-state index in [4.69, 9.17) is 42.1 Å². The first kappa shape index (κ1) is 26.8. The maximum absolute atomic E-state index is 8.25. The van der Waals surface area contributed by atoms with Crippen LogP contribution in [0.4, 0.5) is 0 Å². The van der Waals surface area contributed by atoms with Crippen LogP contribution in [0.2, 0.25) is 0 Å². The molecule has 0 amide bonds. The molecular formula is C20H32CaN4O6-2. The van der Waals surface area contributed by atoms with Gasteiger partial charge in [0.1, 0.15) is 0 Å². The largest absolute Gasteiger partial charge is 2.00 e. The molecule has 8 aliphatic carbocycles. The second-order valence-corrected chi connectivity index (χ2v) is 10.8. The maximum Gasteiger partial charge on any atom is 2.00 e. The van der Waals surface area contributed by atoms with Gasteiger partial charge < -0.3 is 42.1 Å². The second kappa shape index (κ2) is 10.7. The molecule has 0 spiro atoms. The van der Waals surface area contributed by atoms with E-state index in [2.05, 4.69) is 0 Å². The Kier molecular flexibility index (Phi) is 9.24. The van der Waals surface area contributed by atoms with Gasteiger partial charge in [-0.25, -0.2) is 0 Å². The summed E-state index contributed by atoms with van der Waals surface area (Å²) in [5.74, 6) is 5.74. The van der Waals surface area contributed by atoms with Crippen LogP contribution in [0.25, 0.3) is 11.5 Å². The molecule has 8 aliphatic rings. The molecule has 2 N–H and O–H groups in total. The van der Waals surface area contributed by atoms with Crippen molar-refractivity contribution in [1.82, 2.24) is 0 Å². The van der Waals surface area contributed by atoms with Gasteiger partial charge in [0, 0.05) is 0 Å². The van der Waals surface area contributed by atoms with Crippen molar-refractivity contribution in [2.24, 2.45) is 35.5 Å². The molecule has 0 aromatic heterocycles. The van der Waals surface area contributed by atoms with Crippen LogP contribution in [-0.2, 0) is 0 Å². The van der Waals surface area contributed by atoms with Gasteiger partial charge in [0.15, 0.2) is 0 Å². The summed E-state index contributed by atoms with van der Waals surface area (Å²) in [6.07, 6.45) is 16.2. The summed E-state index contributed by atoms with van der Waals surface area (Å²) >= 11 is 0. The third-order valence-electron chi connectivity index (χ3n) is 8.08. The quantitative estimate of drug-likeness (QED) is 0.271. The minimum atomic E-state index is -1.75. The van der Waals surface area contributed by atoms with E-state index >= 15 is 0 Å². The predicted molar refractivity (Wildman–Crippen MR) is 117 cm³/mol. The first-order chi connectivity index (χ1) is 13.9. The van der Waals surface area contributed by atoms with Crippen molar-refractivity contribution in [3.05, 3.63) is 42.1 Å². The Balaban J connectivity index is 0.000000162. The molecular weight excluding hydrogens is 432 g/mol. The third-order valence-corrected chi connectivity index (χ3v) is 8.08. The SMILES string of the molecule is O=[N+]([O-])[O-].O=[N+]([O-])[O-].[Ca+2].[NH-]C12CC3CC(CC(C3)C1)C2.[NH-]C12CC3CC(CC(C3)C1)C2. The molecule has 31 heavy (non-hydrogen) atoms. The zero-order valence-electron chi connectivity index (χ0n) is 18.0. The average Bonchev–Trinajstić information content (AvgIpc) is 2.49. The molecule has 0 saturated heterocycles. The van der Waals surface area contributed by atoms with Crippen LogP contribution < -0.4 is 0 Å². The van der Waals surface area contributed by atoms with E-state index in [1.807, 2.05) is 0 Å². The summed E-state index contributed by atoms with van der Waals surface area (Å²) < 4.78 is 0. The Hall–Kier alpha value is -0.420. The molecule has 11 heteroatoms. The first-order valence-electron chi connectivity index (χ1n) is 11.1. The van der Waals surface area contributed by atoms with E-state index in [-0.39, 0.29) is 48.8 Å². The van der Waals surface area contributed by atoms with Crippen LogP contribution in [-0.4, -0.2) is 59.0 Å². The van der Waals surface area contributed by atoms with Gasteiger partial charge in [0.05, 0.1) is 10.2 Å². The van der Waals surface area contributed by atoms with Crippen LogP contribution in [0.15, 0.2) is 0 Å². The van der Waals surface area contributed by atoms with Crippen LogP contribution >= 0.6 is 0 Å². The van der Waals surface area contributed by atoms with Crippen molar-refractivity contribution < 1.29 is 10.2 Å². The number of nitrogens with one attached hydrogen (secondary N) is 2. The van der Waals surface area contributed by atoms with Crippen LogP contribution in [0.5, 0.6) is 0 Å². The predicted octanol–water partition coefficient (Wildman–Crippen LogP) is 5.16. The fraction of sp³-hybridized carbons (Fsp3) is 1.00. The Labute approximate surface area is 212 Å². The van der Waals surface area contributed by atoms with E-state index in [9.17, 15) is 0 Å². The Bertz CT molecular complexity index is 517. The van der Waals surface area contributed by atoms with E-state index < -0.39 is 10.2 Å². The van der Waals surface area contributed by atoms with Crippen molar-refractivity contribution in [2.45, 2.75) is 88.1 Å². The monoisotopic (exact) mass is 464 g/mol. The number of hydrogen-bond donors (Lipinski definition) is 0. The molecule has 172 valence electrons. The van der Waals surface area contributed by atoms with Gasteiger partial charge in [-0.1, -0.05) is 38.5 Å². The summed E-state index contributed by atoms with van der Waals surface area (Å²) in [6, 6.07) is 0. The van der Waals surface area contributed by atoms with Gasteiger partial charge in [-0.05, 0) is 74.0 Å². The Morgan fingerprint density at radius 1 is 0.516 bits per heavy atom. The van der Waals surface area contributed by atoms with Crippen molar-refractivity contribution in [3.63, 3.8) is 0 Å².